The lowest BCUT2D eigenvalue weighted by Gasteiger charge is -2.14. The largest absolute Gasteiger partial charge is 0.397 e. The molecule has 10 heavy (non-hydrogen) atoms. The molecular weight excluding hydrogens is 164 g/mol. The summed E-state index contributed by atoms with van der Waals surface area (Å²) in [5.41, 5.74) is 9.35. The monoisotopic (exact) mass is 172 g/mol. The third-order valence-corrected chi connectivity index (χ3v) is 0.855. The van der Waals surface area contributed by atoms with Crippen LogP contribution in [0.1, 0.15) is 0 Å². The van der Waals surface area contributed by atoms with Crippen molar-refractivity contribution in [2.75, 3.05) is 6.61 Å². The molecule has 0 aromatic heterocycles. The van der Waals surface area contributed by atoms with Gasteiger partial charge in [0, 0.05) is 0 Å². The second-order valence-electron chi connectivity index (χ2n) is 1.68. The molecule has 0 aromatic rings. The van der Waals surface area contributed by atoms with Gasteiger partial charge in [-0.05, 0) is 0 Å². The molecule has 0 rings (SSSR count). The first-order valence-electron chi connectivity index (χ1n) is 2.13. The van der Waals surface area contributed by atoms with Crippen LogP contribution >= 0.6 is 0 Å². The van der Waals surface area contributed by atoms with E-state index in [4.69, 9.17) is 9.66 Å². The fourth-order valence-corrected chi connectivity index (χ4v) is 0.507. The van der Waals surface area contributed by atoms with E-state index in [0.717, 1.165) is 0 Å². The van der Waals surface area contributed by atoms with Crippen molar-refractivity contribution in [2.24, 2.45) is 11.5 Å². The Labute approximate surface area is 57.5 Å². The number of hydrogen-bond donors (Lipinski definition) is 4. The van der Waals surface area contributed by atoms with Crippen LogP contribution in [0.3, 0.4) is 0 Å². The van der Waals surface area contributed by atoms with E-state index in [0.29, 0.717) is 0 Å². The van der Waals surface area contributed by atoms with Gasteiger partial charge in [0.25, 0.3) is 0 Å². The zero-order valence-electron chi connectivity index (χ0n) is 4.89. The molecule has 8 heteroatoms. The van der Waals surface area contributed by atoms with E-state index in [1.54, 1.807) is 0 Å². The second kappa shape index (κ2) is 2.78. The Morgan fingerprint density at radius 1 is 1.50 bits per heavy atom. The molecule has 0 heterocycles. The fraction of sp³-hybridized carbons (Fsp3) is 1.00. The third-order valence-electron chi connectivity index (χ3n) is 0.439. The summed E-state index contributed by atoms with van der Waals surface area (Å²) in [5.74, 6) is -2.25. The van der Waals surface area contributed by atoms with Gasteiger partial charge < -0.3 is 5.11 Å². The van der Waals surface area contributed by atoms with Gasteiger partial charge in [0.2, 0.25) is 0 Å². The first-order valence-corrected chi connectivity index (χ1v) is 3.49. The molecule has 0 unspecified atom stereocenters. The van der Waals surface area contributed by atoms with Crippen LogP contribution in [0, 0.1) is 0 Å². The van der Waals surface area contributed by atoms with Gasteiger partial charge in [-0.2, -0.15) is 8.42 Å². The van der Waals surface area contributed by atoms with Crippen LogP contribution in [0.2, 0.25) is 0 Å². The Hall–Kier alpha value is -0.250. The van der Waals surface area contributed by atoms with Crippen LogP contribution in [-0.4, -0.2) is 30.5 Å². The molecule has 0 fully saturated rings. The van der Waals surface area contributed by atoms with Crippen LogP contribution in [0.15, 0.2) is 0 Å². The van der Waals surface area contributed by atoms with Gasteiger partial charge in [-0.15, -0.1) is 0 Å². The maximum absolute atomic E-state index is 9.79. The molecule has 7 nitrogen and oxygen atoms in total. The van der Waals surface area contributed by atoms with Crippen molar-refractivity contribution in [1.29, 1.82) is 0 Å². The molecule has 0 saturated carbocycles. The summed E-state index contributed by atoms with van der Waals surface area (Å²) >= 11 is 0. The van der Waals surface area contributed by atoms with E-state index < -0.39 is 22.9 Å². The van der Waals surface area contributed by atoms with E-state index in [1.165, 1.54) is 0 Å². The van der Waals surface area contributed by atoms with Gasteiger partial charge in [-0.25, -0.2) is 4.18 Å². The number of rotatable bonds is 3. The van der Waals surface area contributed by atoms with E-state index in [1.807, 2.05) is 0 Å². The molecular formula is C2H8N2O5S. The molecule has 0 saturated heterocycles. The molecule has 0 aliphatic heterocycles. The molecule has 0 aliphatic rings. The Balaban J connectivity index is 3.79. The Kier molecular flexibility index (Phi) is 2.71. The molecule has 0 atom stereocenters. The summed E-state index contributed by atoms with van der Waals surface area (Å²) in [5, 5.41) is 8.44. The molecule has 62 valence electrons. The average Bonchev–Trinajstić information content (AvgIpc) is 1.57. The smallest absolute Gasteiger partial charge is 0.361 e. The van der Waals surface area contributed by atoms with Crippen LogP contribution in [0.4, 0.5) is 0 Å². The maximum atomic E-state index is 9.79. The molecule has 0 bridgehead atoms. The quantitative estimate of drug-likeness (QED) is 0.270. The third kappa shape index (κ3) is 7.75. The minimum Gasteiger partial charge on any atom is -0.361 e. The van der Waals surface area contributed by atoms with Gasteiger partial charge in [-0.1, -0.05) is 0 Å². The lowest BCUT2D eigenvalue weighted by Crippen LogP contribution is -2.53. The molecule has 0 aliphatic carbocycles. The standard InChI is InChI=1S/C2H8N2O5S/c3-2(4,5)1-9-10(6,7)8/h5H,1,3-4H2,(H,6,7,8). The van der Waals surface area contributed by atoms with Crippen LogP contribution < -0.4 is 11.5 Å². The topological polar surface area (TPSA) is 136 Å². The molecule has 6 N–H and O–H groups in total. The van der Waals surface area contributed by atoms with Crippen molar-refractivity contribution in [3.8, 4) is 0 Å². The first kappa shape index (κ1) is 9.75. The SMILES string of the molecule is NC(N)(O)COS(=O)(=O)O. The average molecular weight is 172 g/mol. The number of nitrogens with two attached hydrogens (primary N) is 2. The van der Waals surface area contributed by atoms with Crippen molar-refractivity contribution in [1.82, 2.24) is 0 Å². The van der Waals surface area contributed by atoms with Gasteiger partial charge in [0.1, 0.15) is 6.61 Å². The summed E-state index contributed by atoms with van der Waals surface area (Å²) in [4.78, 5) is 0. The highest BCUT2D eigenvalue weighted by atomic mass is 32.3. The van der Waals surface area contributed by atoms with Crippen LogP contribution in [0.5, 0.6) is 0 Å². The predicted molar refractivity (Wildman–Crippen MR) is 30.8 cm³/mol. The summed E-state index contributed by atoms with van der Waals surface area (Å²) in [6.45, 7) is -0.897. The zero-order valence-corrected chi connectivity index (χ0v) is 5.71. The summed E-state index contributed by atoms with van der Waals surface area (Å²) in [6.07, 6.45) is 0. The minimum absolute atomic E-state index is 0.897. The predicted octanol–water partition coefficient (Wildman–Crippen LogP) is -2.63. The Bertz CT molecular complexity index is 190. The van der Waals surface area contributed by atoms with Gasteiger partial charge in [-0.3, -0.25) is 16.0 Å². The highest BCUT2D eigenvalue weighted by Crippen LogP contribution is 1.90. The fourth-order valence-electron chi connectivity index (χ4n) is 0.169. The second-order valence-corrected chi connectivity index (χ2v) is 2.77. The van der Waals surface area contributed by atoms with Crippen molar-refractivity contribution < 1.29 is 22.3 Å². The van der Waals surface area contributed by atoms with Gasteiger partial charge >= 0.3 is 10.4 Å². The van der Waals surface area contributed by atoms with Gasteiger partial charge in [0.15, 0.2) is 5.85 Å². The molecule has 0 spiro atoms. The molecule has 0 amide bonds. The van der Waals surface area contributed by atoms with Crippen LogP contribution in [-0.2, 0) is 14.6 Å². The van der Waals surface area contributed by atoms with Gasteiger partial charge in [0.05, 0.1) is 0 Å². The van der Waals surface area contributed by atoms with E-state index >= 15 is 0 Å². The lowest BCUT2D eigenvalue weighted by molar-refractivity contribution is 0.00453. The number of hydrogen-bond acceptors (Lipinski definition) is 6. The van der Waals surface area contributed by atoms with Crippen LogP contribution in [0.25, 0.3) is 0 Å². The van der Waals surface area contributed by atoms with Crippen molar-refractivity contribution in [2.45, 2.75) is 5.85 Å². The van der Waals surface area contributed by atoms with E-state index in [-0.39, 0.29) is 0 Å². The summed E-state index contributed by atoms with van der Waals surface area (Å²) in [7, 11) is -4.58. The Morgan fingerprint density at radius 3 is 2.00 bits per heavy atom. The first-order chi connectivity index (χ1) is 4.21. The summed E-state index contributed by atoms with van der Waals surface area (Å²) in [6, 6.07) is 0. The minimum atomic E-state index is -4.58. The normalized spacial score (nSPS) is 13.6. The van der Waals surface area contributed by atoms with E-state index in [2.05, 4.69) is 15.7 Å². The van der Waals surface area contributed by atoms with Crippen molar-refractivity contribution >= 4 is 10.4 Å². The highest BCUT2D eigenvalue weighted by Gasteiger charge is 2.17. The number of aliphatic hydroxyl groups is 1. The van der Waals surface area contributed by atoms with Crippen molar-refractivity contribution in [3.05, 3.63) is 0 Å². The van der Waals surface area contributed by atoms with Crippen molar-refractivity contribution in [3.63, 3.8) is 0 Å². The molecule has 0 radical (unpaired) electrons. The lowest BCUT2D eigenvalue weighted by atomic mass is 10.5. The van der Waals surface area contributed by atoms with E-state index in [9.17, 15) is 8.42 Å². The maximum Gasteiger partial charge on any atom is 0.397 e. The highest BCUT2D eigenvalue weighted by molar-refractivity contribution is 7.80. The molecule has 0 aromatic carbocycles. The Morgan fingerprint density at radius 2 is 1.90 bits per heavy atom. The summed E-state index contributed by atoms with van der Waals surface area (Å²) < 4.78 is 31.1. The zero-order chi connectivity index (χ0) is 8.41.